The van der Waals surface area contributed by atoms with E-state index in [2.05, 4.69) is 4.98 Å². The van der Waals surface area contributed by atoms with Gasteiger partial charge in [-0.3, -0.25) is 9.36 Å². The SMILES string of the molecule is O=c1c2ccsc2ncn1C[C@@H](O)c1cc(Cl)ccc1Cl. The molecule has 1 N–H and O–H groups in total. The monoisotopic (exact) mass is 340 g/mol. The van der Waals surface area contributed by atoms with Crippen LogP contribution in [0.5, 0.6) is 0 Å². The van der Waals surface area contributed by atoms with Crippen LogP contribution >= 0.6 is 34.5 Å². The van der Waals surface area contributed by atoms with E-state index in [1.54, 1.807) is 24.3 Å². The number of rotatable bonds is 3. The van der Waals surface area contributed by atoms with Gasteiger partial charge in [-0.2, -0.15) is 0 Å². The van der Waals surface area contributed by atoms with Crippen LogP contribution in [0.2, 0.25) is 10.0 Å². The number of aliphatic hydroxyl groups is 1. The van der Waals surface area contributed by atoms with Crippen molar-refractivity contribution in [3.8, 4) is 0 Å². The molecule has 2 aromatic heterocycles. The summed E-state index contributed by atoms with van der Waals surface area (Å²) in [6.07, 6.45) is 0.495. The lowest BCUT2D eigenvalue weighted by Crippen LogP contribution is -2.23. The molecule has 0 aliphatic heterocycles. The van der Waals surface area contributed by atoms with Crippen LogP contribution in [-0.4, -0.2) is 14.7 Å². The Morgan fingerprint density at radius 1 is 1.33 bits per heavy atom. The topological polar surface area (TPSA) is 55.1 Å². The zero-order chi connectivity index (χ0) is 15.0. The first-order valence-electron chi connectivity index (χ1n) is 6.12. The summed E-state index contributed by atoms with van der Waals surface area (Å²) in [6.45, 7) is 0.0671. The van der Waals surface area contributed by atoms with Gasteiger partial charge in [-0.25, -0.2) is 4.98 Å². The number of nitrogens with zero attached hydrogens (tertiary/aromatic N) is 2. The second kappa shape index (κ2) is 5.77. The van der Waals surface area contributed by atoms with E-state index in [0.29, 0.717) is 25.8 Å². The zero-order valence-electron chi connectivity index (χ0n) is 10.7. The van der Waals surface area contributed by atoms with E-state index in [0.717, 1.165) is 0 Å². The van der Waals surface area contributed by atoms with Gasteiger partial charge in [0.2, 0.25) is 0 Å². The summed E-state index contributed by atoms with van der Waals surface area (Å²) in [5, 5.41) is 13.5. The van der Waals surface area contributed by atoms with Crippen molar-refractivity contribution in [1.82, 2.24) is 9.55 Å². The number of aliphatic hydroxyl groups excluding tert-OH is 1. The molecule has 0 fully saturated rings. The van der Waals surface area contributed by atoms with E-state index in [1.165, 1.54) is 22.2 Å². The number of benzene rings is 1. The Morgan fingerprint density at radius 3 is 2.95 bits per heavy atom. The first kappa shape index (κ1) is 14.5. The van der Waals surface area contributed by atoms with Crippen LogP contribution in [-0.2, 0) is 6.54 Å². The van der Waals surface area contributed by atoms with Crippen molar-refractivity contribution in [2.24, 2.45) is 0 Å². The van der Waals surface area contributed by atoms with Gasteiger partial charge in [0.25, 0.3) is 5.56 Å². The molecule has 0 amide bonds. The number of hydrogen-bond acceptors (Lipinski definition) is 4. The van der Waals surface area contributed by atoms with Gasteiger partial charge in [-0.05, 0) is 29.6 Å². The molecule has 3 aromatic rings. The fourth-order valence-corrected chi connectivity index (χ4v) is 3.23. The molecule has 1 aromatic carbocycles. The van der Waals surface area contributed by atoms with Gasteiger partial charge in [-0.15, -0.1) is 11.3 Å². The highest BCUT2D eigenvalue weighted by Gasteiger charge is 2.15. The first-order valence-corrected chi connectivity index (χ1v) is 7.75. The zero-order valence-corrected chi connectivity index (χ0v) is 13.0. The highest BCUT2D eigenvalue weighted by atomic mass is 35.5. The van der Waals surface area contributed by atoms with Crippen LogP contribution < -0.4 is 5.56 Å². The van der Waals surface area contributed by atoms with E-state index in [9.17, 15) is 9.90 Å². The third-order valence-electron chi connectivity index (χ3n) is 3.14. The molecule has 2 heterocycles. The molecule has 4 nitrogen and oxygen atoms in total. The van der Waals surface area contributed by atoms with Crippen molar-refractivity contribution in [2.75, 3.05) is 0 Å². The van der Waals surface area contributed by atoms with Crippen molar-refractivity contribution >= 4 is 44.8 Å². The van der Waals surface area contributed by atoms with Crippen molar-refractivity contribution < 1.29 is 5.11 Å². The van der Waals surface area contributed by atoms with Gasteiger partial charge in [-0.1, -0.05) is 23.2 Å². The van der Waals surface area contributed by atoms with E-state index in [1.807, 2.05) is 5.38 Å². The van der Waals surface area contributed by atoms with Crippen LogP contribution in [0, 0.1) is 0 Å². The van der Waals surface area contributed by atoms with Gasteiger partial charge in [0, 0.05) is 15.6 Å². The fourth-order valence-electron chi connectivity index (χ4n) is 2.08. The number of aromatic nitrogens is 2. The predicted molar refractivity (Wildman–Crippen MR) is 85.3 cm³/mol. The lowest BCUT2D eigenvalue weighted by atomic mass is 10.1. The maximum Gasteiger partial charge on any atom is 0.262 e. The van der Waals surface area contributed by atoms with E-state index >= 15 is 0 Å². The van der Waals surface area contributed by atoms with Crippen LogP contribution in [0.15, 0.2) is 40.8 Å². The second-order valence-electron chi connectivity index (χ2n) is 4.52. The minimum atomic E-state index is -0.938. The Hall–Kier alpha value is -1.40. The summed E-state index contributed by atoms with van der Waals surface area (Å²) in [4.78, 5) is 17.2. The molecule has 0 aliphatic rings. The van der Waals surface area contributed by atoms with Gasteiger partial charge in [0.15, 0.2) is 0 Å². The second-order valence-corrected chi connectivity index (χ2v) is 6.26. The Kier molecular flexibility index (Phi) is 3.99. The minimum absolute atomic E-state index is 0.0671. The fraction of sp³-hybridized carbons (Fsp3) is 0.143. The molecule has 0 radical (unpaired) electrons. The maximum atomic E-state index is 12.3. The molecule has 0 saturated carbocycles. The van der Waals surface area contributed by atoms with Crippen molar-refractivity contribution in [1.29, 1.82) is 0 Å². The molecule has 3 rings (SSSR count). The average molecular weight is 341 g/mol. The minimum Gasteiger partial charge on any atom is -0.386 e. The molecule has 1 atom stereocenters. The van der Waals surface area contributed by atoms with Crippen molar-refractivity contribution in [3.05, 3.63) is 61.9 Å². The Labute approximate surface area is 134 Å². The number of fused-ring (bicyclic) bond motifs is 1. The largest absolute Gasteiger partial charge is 0.386 e. The highest BCUT2D eigenvalue weighted by Crippen LogP contribution is 2.27. The molecule has 7 heteroatoms. The Bertz CT molecular complexity index is 860. The molecule has 0 saturated heterocycles. The van der Waals surface area contributed by atoms with E-state index < -0.39 is 6.10 Å². The first-order chi connectivity index (χ1) is 10.1. The number of halogens is 2. The van der Waals surface area contributed by atoms with Crippen molar-refractivity contribution in [3.63, 3.8) is 0 Å². The summed E-state index contributed by atoms with van der Waals surface area (Å²) >= 11 is 13.4. The number of thiophene rings is 1. The molecule has 21 heavy (non-hydrogen) atoms. The van der Waals surface area contributed by atoms with Crippen molar-refractivity contribution in [2.45, 2.75) is 12.6 Å². The molecule has 0 spiro atoms. The van der Waals surface area contributed by atoms with E-state index in [4.69, 9.17) is 23.2 Å². The molecule has 0 bridgehead atoms. The van der Waals surface area contributed by atoms with Crippen LogP contribution in [0.3, 0.4) is 0 Å². The van der Waals surface area contributed by atoms with Crippen LogP contribution in [0.25, 0.3) is 10.2 Å². The molecule has 0 aliphatic carbocycles. The van der Waals surface area contributed by atoms with Gasteiger partial charge < -0.3 is 5.11 Å². The summed E-state index contributed by atoms with van der Waals surface area (Å²) in [6, 6.07) is 6.58. The third kappa shape index (κ3) is 2.82. The van der Waals surface area contributed by atoms with Crippen LogP contribution in [0.4, 0.5) is 0 Å². The predicted octanol–water partition coefficient (Wildman–Crippen LogP) is 3.50. The van der Waals surface area contributed by atoms with Crippen LogP contribution in [0.1, 0.15) is 11.7 Å². The van der Waals surface area contributed by atoms with Gasteiger partial charge >= 0.3 is 0 Å². The molecule has 0 unspecified atom stereocenters. The maximum absolute atomic E-state index is 12.3. The summed E-state index contributed by atoms with van der Waals surface area (Å²) in [7, 11) is 0. The lowest BCUT2D eigenvalue weighted by Gasteiger charge is -2.14. The standard InChI is InChI=1S/C14H10Cl2N2O2S/c15-8-1-2-11(16)10(5-8)12(19)6-18-7-17-13-9(14(18)20)3-4-21-13/h1-5,7,12,19H,6H2/t12-/m1/s1. The average Bonchev–Trinajstić information content (AvgIpc) is 2.93. The van der Waals surface area contributed by atoms with Gasteiger partial charge in [0.1, 0.15) is 4.83 Å². The molecular weight excluding hydrogens is 331 g/mol. The van der Waals surface area contributed by atoms with E-state index in [-0.39, 0.29) is 12.1 Å². The third-order valence-corrected chi connectivity index (χ3v) is 4.54. The summed E-state index contributed by atoms with van der Waals surface area (Å²) < 4.78 is 1.37. The lowest BCUT2D eigenvalue weighted by molar-refractivity contribution is 0.155. The Morgan fingerprint density at radius 2 is 2.14 bits per heavy atom. The number of hydrogen-bond donors (Lipinski definition) is 1. The molecular formula is C14H10Cl2N2O2S. The van der Waals surface area contributed by atoms with Gasteiger partial charge in [0.05, 0.1) is 24.4 Å². The smallest absolute Gasteiger partial charge is 0.262 e. The molecule has 108 valence electrons. The summed E-state index contributed by atoms with van der Waals surface area (Å²) in [5.41, 5.74) is 0.305. The normalized spacial score (nSPS) is 12.7. The summed E-state index contributed by atoms with van der Waals surface area (Å²) in [5.74, 6) is 0. The highest BCUT2D eigenvalue weighted by molar-refractivity contribution is 7.16. The Balaban J connectivity index is 1.96. The quantitative estimate of drug-likeness (QED) is 0.793.